The highest BCUT2D eigenvalue weighted by Gasteiger charge is 2.55. The van der Waals surface area contributed by atoms with Crippen molar-refractivity contribution in [3.63, 3.8) is 0 Å². The summed E-state index contributed by atoms with van der Waals surface area (Å²) in [6.07, 6.45) is 1.27. The maximum absolute atomic E-state index is 12.6. The number of ketones is 1. The van der Waals surface area contributed by atoms with E-state index in [9.17, 15) is 9.59 Å². The Morgan fingerprint density at radius 3 is 2.29 bits per heavy atom. The summed E-state index contributed by atoms with van der Waals surface area (Å²) >= 11 is 3.48. The Balaban J connectivity index is 2.38. The van der Waals surface area contributed by atoms with Gasteiger partial charge in [0.1, 0.15) is 11.5 Å². The minimum Gasteiger partial charge on any atom is -0.455 e. The van der Waals surface area contributed by atoms with E-state index in [0.29, 0.717) is 4.48 Å². The van der Waals surface area contributed by atoms with Crippen LogP contribution in [-0.4, -0.2) is 17.9 Å². The van der Waals surface area contributed by atoms with Crippen LogP contribution in [0.3, 0.4) is 0 Å². The third kappa shape index (κ3) is 2.82. The summed E-state index contributed by atoms with van der Waals surface area (Å²) in [5.74, 6) is -0.579. The van der Waals surface area contributed by atoms with E-state index in [1.54, 1.807) is 13.8 Å². The molecule has 1 unspecified atom stereocenters. The van der Waals surface area contributed by atoms with Crippen molar-refractivity contribution in [3.05, 3.63) is 40.4 Å². The zero-order valence-corrected chi connectivity index (χ0v) is 14.2. The second-order valence-corrected chi connectivity index (χ2v) is 7.32. The minimum absolute atomic E-state index is 0.102. The van der Waals surface area contributed by atoms with Crippen molar-refractivity contribution in [3.8, 4) is 0 Å². The SMILES string of the molecule is CC1(C)C(=O)OC(C(Br)=Cc2ccccc2)C(C)(C)C1=O. The number of Topliss-reactive ketones (excluding diaryl/α,β-unsaturated/α-hetero) is 1. The summed E-state index contributed by atoms with van der Waals surface area (Å²) in [6.45, 7) is 6.86. The van der Waals surface area contributed by atoms with E-state index < -0.39 is 22.9 Å². The Hall–Kier alpha value is -1.42. The Morgan fingerprint density at radius 2 is 1.71 bits per heavy atom. The number of cyclic esters (lactones) is 1. The zero-order chi connectivity index (χ0) is 15.8. The number of rotatable bonds is 2. The zero-order valence-electron chi connectivity index (χ0n) is 12.6. The number of carbonyl (C=O) groups is 2. The van der Waals surface area contributed by atoms with E-state index >= 15 is 0 Å². The molecule has 1 heterocycles. The summed E-state index contributed by atoms with van der Waals surface area (Å²) in [6, 6.07) is 9.69. The molecule has 2 rings (SSSR count). The molecule has 0 spiro atoms. The number of hydrogen-bond donors (Lipinski definition) is 0. The quantitative estimate of drug-likeness (QED) is 0.598. The topological polar surface area (TPSA) is 43.4 Å². The highest BCUT2D eigenvalue weighted by atomic mass is 79.9. The lowest BCUT2D eigenvalue weighted by molar-refractivity contribution is -0.181. The summed E-state index contributed by atoms with van der Waals surface area (Å²) in [5, 5.41) is 0. The third-order valence-electron chi connectivity index (χ3n) is 3.90. The molecule has 1 aromatic rings. The maximum atomic E-state index is 12.6. The monoisotopic (exact) mass is 350 g/mol. The van der Waals surface area contributed by atoms with Crippen molar-refractivity contribution < 1.29 is 14.3 Å². The van der Waals surface area contributed by atoms with Gasteiger partial charge in [-0.3, -0.25) is 9.59 Å². The number of halogens is 1. The first-order valence-corrected chi connectivity index (χ1v) is 7.65. The molecule has 1 aromatic carbocycles. The molecular formula is C17H19BrO3. The van der Waals surface area contributed by atoms with Crippen molar-refractivity contribution in [2.24, 2.45) is 10.8 Å². The van der Waals surface area contributed by atoms with Crippen LogP contribution >= 0.6 is 15.9 Å². The maximum Gasteiger partial charge on any atom is 0.319 e. The van der Waals surface area contributed by atoms with E-state index in [1.165, 1.54) is 0 Å². The average Bonchev–Trinajstić information content (AvgIpc) is 2.42. The van der Waals surface area contributed by atoms with Gasteiger partial charge in [0.05, 0.1) is 5.41 Å². The number of esters is 1. The molecular weight excluding hydrogens is 332 g/mol. The smallest absolute Gasteiger partial charge is 0.319 e. The fourth-order valence-corrected chi connectivity index (χ4v) is 3.53. The second kappa shape index (κ2) is 5.41. The molecule has 112 valence electrons. The number of benzene rings is 1. The number of hydrogen-bond acceptors (Lipinski definition) is 3. The molecule has 0 bridgehead atoms. The van der Waals surface area contributed by atoms with Gasteiger partial charge in [0, 0.05) is 4.48 Å². The van der Waals surface area contributed by atoms with Gasteiger partial charge >= 0.3 is 5.97 Å². The van der Waals surface area contributed by atoms with Crippen LogP contribution in [0.4, 0.5) is 0 Å². The van der Waals surface area contributed by atoms with Gasteiger partial charge in [0.25, 0.3) is 0 Å². The van der Waals surface area contributed by atoms with Crippen LogP contribution in [0.1, 0.15) is 33.3 Å². The molecule has 1 aliphatic rings. The van der Waals surface area contributed by atoms with Crippen LogP contribution in [0.25, 0.3) is 6.08 Å². The van der Waals surface area contributed by atoms with Gasteiger partial charge in [-0.1, -0.05) is 46.3 Å². The molecule has 0 saturated carbocycles. The van der Waals surface area contributed by atoms with Crippen LogP contribution < -0.4 is 0 Å². The number of carbonyl (C=O) groups excluding carboxylic acids is 2. The van der Waals surface area contributed by atoms with E-state index in [-0.39, 0.29) is 5.78 Å². The van der Waals surface area contributed by atoms with E-state index in [2.05, 4.69) is 15.9 Å². The summed E-state index contributed by atoms with van der Waals surface area (Å²) in [7, 11) is 0. The molecule has 1 fully saturated rings. The molecule has 1 saturated heterocycles. The van der Waals surface area contributed by atoms with Gasteiger partial charge in [-0.2, -0.15) is 0 Å². The van der Waals surface area contributed by atoms with Crippen molar-refractivity contribution in [1.82, 2.24) is 0 Å². The first kappa shape index (κ1) is 16.0. The van der Waals surface area contributed by atoms with Gasteiger partial charge < -0.3 is 4.74 Å². The van der Waals surface area contributed by atoms with E-state index in [1.807, 2.05) is 50.3 Å². The van der Waals surface area contributed by atoms with Crippen LogP contribution in [0.2, 0.25) is 0 Å². The highest BCUT2D eigenvalue weighted by Crippen LogP contribution is 2.44. The second-order valence-electron chi connectivity index (χ2n) is 6.40. The molecule has 1 aliphatic heterocycles. The largest absolute Gasteiger partial charge is 0.455 e. The van der Waals surface area contributed by atoms with Crippen molar-refractivity contribution in [2.45, 2.75) is 33.8 Å². The Kier molecular flexibility index (Phi) is 4.11. The molecule has 21 heavy (non-hydrogen) atoms. The molecule has 0 amide bonds. The first-order chi connectivity index (χ1) is 9.67. The summed E-state index contributed by atoms with van der Waals surface area (Å²) < 4.78 is 6.24. The summed E-state index contributed by atoms with van der Waals surface area (Å²) in [5.41, 5.74) is -0.893. The lowest BCUT2D eigenvalue weighted by Gasteiger charge is -2.43. The van der Waals surface area contributed by atoms with Crippen LogP contribution in [0, 0.1) is 10.8 Å². The molecule has 1 atom stereocenters. The van der Waals surface area contributed by atoms with Crippen LogP contribution in [0.5, 0.6) is 0 Å². The molecule has 3 nitrogen and oxygen atoms in total. The Morgan fingerprint density at radius 1 is 1.14 bits per heavy atom. The van der Waals surface area contributed by atoms with Gasteiger partial charge in [-0.15, -0.1) is 0 Å². The van der Waals surface area contributed by atoms with E-state index in [0.717, 1.165) is 5.56 Å². The first-order valence-electron chi connectivity index (χ1n) is 6.85. The Labute approximate surface area is 133 Å². The minimum atomic E-state index is -1.10. The van der Waals surface area contributed by atoms with Crippen LogP contribution in [0.15, 0.2) is 34.8 Å². The molecule has 0 aliphatic carbocycles. The molecule has 0 radical (unpaired) electrons. The predicted molar refractivity (Wildman–Crippen MR) is 85.8 cm³/mol. The van der Waals surface area contributed by atoms with Gasteiger partial charge in [-0.25, -0.2) is 0 Å². The highest BCUT2D eigenvalue weighted by molar-refractivity contribution is 9.11. The fraction of sp³-hybridized carbons (Fsp3) is 0.412. The lowest BCUT2D eigenvalue weighted by atomic mass is 9.68. The predicted octanol–water partition coefficient (Wildman–Crippen LogP) is 3.97. The van der Waals surface area contributed by atoms with Crippen molar-refractivity contribution >= 4 is 33.8 Å². The Bertz CT molecular complexity index is 600. The van der Waals surface area contributed by atoms with Gasteiger partial charge in [0.2, 0.25) is 0 Å². The van der Waals surface area contributed by atoms with Crippen molar-refractivity contribution in [2.75, 3.05) is 0 Å². The van der Waals surface area contributed by atoms with Gasteiger partial charge in [-0.05, 0) is 39.3 Å². The molecule has 0 aromatic heterocycles. The average molecular weight is 351 g/mol. The molecule has 4 heteroatoms. The van der Waals surface area contributed by atoms with Crippen molar-refractivity contribution in [1.29, 1.82) is 0 Å². The summed E-state index contributed by atoms with van der Waals surface area (Å²) in [4.78, 5) is 24.7. The molecule has 0 N–H and O–H groups in total. The third-order valence-corrected chi connectivity index (χ3v) is 4.54. The van der Waals surface area contributed by atoms with Gasteiger partial charge in [0.15, 0.2) is 5.78 Å². The van der Waals surface area contributed by atoms with Crippen LogP contribution in [-0.2, 0) is 14.3 Å². The normalized spacial score (nSPS) is 24.6. The standard InChI is InChI=1S/C17H19BrO3/c1-16(2)13(21-15(20)17(3,4)14(16)19)12(18)10-11-8-6-5-7-9-11/h5-10,13H,1-4H3. The fourth-order valence-electron chi connectivity index (χ4n) is 2.60. The number of ether oxygens (including phenoxy) is 1. The lowest BCUT2D eigenvalue weighted by Crippen LogP contribution is -2.56. The van der Waals surface area contributed by atoms with E-state index in [4.69, 9.17) is 4.74 Å².